The van der Waals surface area contributed by atoms with E-state index in [4.69, 9.17) is 11.6 Å². The van der Waals surface area contributed by atoms with Crippen molar-refractivity contribution in [2.45, 2.75) is 30.7 Å². The third-order valence-electron chi connectivity index (χ3n) is 2.74. The minimum Gasteiger partial charge on any atom is -0.310 e. The van der Waals surface area contributed by atoms with Gasteiger partial charge in [-0.1, -0.05) is 30.3 Å². The highest BCUT2D eigenvalue weighted by molar-refractivity contribution is 8.00. The molecule has 2 heterocycles. The summed E-state index contributed by atoms with van der Waals surface area (Å²) < 4.78 is 0. The summed E-state index contributed by atoms with van der Waals surface area (Å²) in [5, 5.41) is 3.26. The summed E-state index contributed by atoms with van der Waals surface area (Å²) in [6.07, 6.45) is 2.05. The number of rotatable bonds is 5. The van der Waals surface area contributed by atoms with Crippen molar-refractivity contribution in [2.24, 2.45) is 0 Å². The Balaban J connectivity index is 2.08. The first kappa shape index (κ1) is 16.5. The normalized spacial score (nSPS) is 12.0. The molecule has 0 aliphatic carbocycles. The Kier molecular flexibility index (Phi) is 5.57. The molecule has 1 amide bonds. The highest BCUT2D eigenvalue weighted by atomic mass is 35.5. The Hall–Kier alpha value is -1.86. The zero-order valence-electron chi connectivity index (χ0n) is 12.1. The molecule has 8 heteroatoms. The molecule has 6 nitrogen and oxygen atoms in total. The Morgan fingerprint density at radius 2 is 2.27 bits per heavy atom. The van der Waals surface area contributed by atoms with Gasteiger partial charge in [-0.15, -0.1) is 0 Å². The highest BCUT2D eigenvalue weighted by Gasteiger charge is 2.19. The molecule has 0 aromatic carbocycles. The summed E-state index contributed by atoms with van der Waals surface area (Å²) in [7, 11) is 0. The van der Waals surface area contributed by atoms with E-state index >= 15 is 0 Å². The first-order chi connectivity index (χ1) is 10.5. The summed E-state index contributed by atoms with van der Waals surface area (Å²) >= 11 is 6.97. The SMILES string of the molecule is CC[C@@H](Sc1nc(C)cc(=O)[nH]1)C(=O)Nc1ccc(Cl)cn1. The number of amides is 1. The average Bonchev–Trinajstić information content (AvgIpc) is 2.46. The lowest BCUT2D eigenvalue weighted by Gasteiger charge is -2.13. The number of carbonyl (C=O) groups excluding carboxylic acids is 1. The van der Waals surface area contributed by atoms with Gasteiger partial charge in [-0.05, 0) is 25.5 Å². The molecule has 22 heavy (non-hydrogen) atoms. The van der Waals surface area contributed by atoms with Gasteiger partial charge in [0.1, 0.15) is 5.82 Å². The van der Waals surface area contributed by atoms with Gasteiger partial charge in [-0.3, -0.25) is 9.59 Å². The second-order valence-electron chi connectivity index (χ2n) is 4.56. The fraction of sp³-hybridized carbons (Fsp3) is 0.286. The van der Waals surface area contributed by atoms with E-state index in [9.17, 15) is 9.59 Å². The molecule has 2 rings (SSSR count). The summed E-state index contributed by atoms with van der Waals surface area (Å²) in [6, 6.07) is 4.69. The molecule has 116 valence electrons. The number of halogens is 1. The number of nitrogens with zero attached hydrogens (tertiary/aromatic N) is 2. The smallest absolute Gasteiger partial charge is 0.251 e. The van der Waals surface area contributed by atoms with Crippen LogP contribution in [0, 0.1) is 6.92 Å². The van der Waals surface area contributed by atoms with Gasteiger partial charge in [0, 0.05) is 18.0 Å². The zero-order chi connectivity index (χ0) is 16.1. The van der Waals surface area contributed by atoms with Crippen LogP contribution >= 0.6 is 23.4 Å². The second kappa shape index (κ2) is 7.42. The van der Waals surface area contributed by atoms with Crippen LogP contribution in [0.4, 0.5) is 5.82 Å². The van der Waals surface area contributed by atoms with E-state index in [-0.39, 0.29) is 16.7 Å². The van der Waals surface area contributed by atoms with Crippen molar-refractivity contribution in [3.63, 3.8) is 0 Å². The lowest BCUT2D eigenvalue weighted by Crippen LogP contribution is -2.25. The van der Waals surface area contributed by atoms with Crippen molar-refractivity contribution in [1.29, 1.82) is 0 Å². The Morgan fingerprint density at radius 3 is 2.86 bits per heavy atom. The van der Waals surface area contributed by atoms with Crippen LogP contribution in [0.15, 0.2) is 34.3 Å². The molecule has 0 spiro atoms. The fourth-order valence-corrected chi connectivity index (χ4v) is 2.79. The van der Waals surface area contributed by atoms with Crippen LogP contribution in [0.5, 0.6) is 0 Å². The van der Waals surface area contributed by atoms with Crippen LogP contribution in [-0.2, 0) is 4.79 Å². The number of nitrogens with one attached hydrogen (secondary N) is 2. The lowest BCUT2D eigenvalue weighted by molar-refractivity contribution is -0.115. The molecular weight excluding hydrogens is 324 g/mol. The van der Waals surface area contributed by atoms with Crippen LogP contribution in [-0.4, -0.2) is 26.1 Å². The summed E-state index contributed by atoms with van der Waals surface area (Å²) in [6.45, 7) is 3.62. The third-order valence-corrected chi connectivity index (χ3v) is 4.22. The van der Waals surface area contributed by atoms with Crippen molar-refractivity contribution in [2.75, 3.05) is 5.32 Å². The molecule has 0 radical (unpaired) electrons. The van der Waals surface area contributed by atoms with Gasteiger partial charge in [-0.2, -0.15) is 0 Å². The topological polar surface area (TPSA) is 87.7 Å². The standard InChI is InChI=1S/C14H15ClN4O2S/c1-3-10(22-14-17-8(2)6-12(20)19-14)13(21)18-11-5-4-9(15)7-16-11/h4-7,10H,3H2,1-2H3,(H,16,18,21)(H,17,19,20)/t10-/m1/s1. The molecule has 2 N–H and O–H groups in total. The minimum atomic E-state index is -0.387. The van der Waals surface area contributed by atoms with Crippen LogP contribution in [0.2, 0.25) is 5.02 Å². The maximum atomic E-state index is 12.3. The first-order valence-corrected chi connectivity index (χ1v) is 7.90. The van der Waals surface area contributed by atoms with Gasteiger partial charge in [0.05, 0.1) is 10.3 Å². The number of aromatic amines is 1. The number of aryl methyl sites for hydroxylation is 1. The number of aromatic nitrogens is 3. The van der Waals surface area contributed by atoms with E-state index in [1.165, 1.54) is 24.0 Å². The van der Waals surface area contributed by atoms with Gasteiger partial charge in [0.25, 0.3) is 5.56 Å². The first-order valence-electron chi connectivity index (χ1n) is 6.65. The van der Waals surface area contributed by atoms with Crippen LogP contribution in [0.25, 0.3) is 0 Å². The average molecular weight is 339 g/mol. The predicted octanol–water partition coefficient (Wildman–Crippen LogP) is 2.64. The van der Waals surface area contributed by atoms with Crippen molar-refractivity contribution < 1.29 is 4.79 Å². The molecule has 0 unspecified atom stereocenters. The number of anilines is 1. The second-order valence-corrected chi connectivity index (χ2v) is 6.19. The van der Waals surface area contributed by atoms with Gasteiger partial charge in [0.15, 0.2) is 5.16 Å². The van der Waals surface area contributed by atoms with Crippen molar-refractivity contribution in [3.05, 3.63) is 45.5 Å². The van der Waals surface area contributed by atoms with E-state index in [1.807, 2.05) is 6.92 Å². The number of hydrogen-bond acceptors (Lipinski definition) is 5. The number of thioether (sulfide) groups is 1. The van der Waals surface area contributed by atoms with E-state index in [2.05, 4.69) is 20.3 Å². The molecule has 0 aliphatic rings. The Labute approximate surface area is 136 Å². The highest BCUT2D eigenvalue weighted by Crippen LogP contribution is 2.22. The molecule has 0 saturated carbocycles. The maximum Gasteiger partial charge on any atom is 0.251 e. The molecule has 0 aliphatic heterocycles. The molecule has 0 bridgehead atoms. The number of pyridine rings is 1. The zero-order valence-corrected chi connectivity index (χ0v) is 13.7. The Morgan fingerprint density at radius 1 is 1.50 bits per heavy atom. The van der Waals surface area contributed by atoms with E-state index in [1.54, 1.807) is 19.1 Å². The van der Waals surface area contributed by atoms with Crippen molar-refractivity contribution >= 4 is 35.1 Å². The van der Waals surface area contributed by atoms with Crippen LogP contribution in [0.1, 0.15) is 19.0 Å². The molecule has 0 saturated heterocycles. The minimum absolute atomic E-state index is 0.202. The van der Waals surface area contributed by atoms with Crippen molar-refractivity contribution in [3.8, 4) is 0 Å². The van der Waals surface area contributed by atoms with Gasteiger partial charge in [-0.25, -0.2) is 9.97 Å². The van der Waals surface area contributed by atoms with Crippen LogP contribution < -0.4 is 10.9 Å². The maximum absolute atomic E-state index is 12.3. The summed E-state index contributed by atoms with van der Waals surface area (Å²) in [4.78, 5) is 34.6. The van der Waals surface area contributed by atoms with Gasteiger partial charge >= 0.3 is 0 Å². The Bertz CT molecular complexity index is 718. The number of hydrogen-bond donors (Lipinski definition) is 2. The molecule has 2 aromatic rings. The molecule has 0 fully saturated rings. The third kappa shape index (κ3) is 4.57. The number of H-pyrrole nitrogens is 1. The van der Waals surface area contributed by atoms with Gasteiger partial charge < -0.3 is 10.3 Å². The molecule has 1 atom stereocenters. The molecular formula is C14H15ClN4O2S. The predicted molar refractivity (Wildman–Crippen MR) is 87.4 cm³/mol. The quantitative estimate of drug-likeness (QED) is 0.646. The molecule has 2 aromatic heterocycles. The van der Waals surface area contributed by atoms with Crippen LogP contribution in [0.3, 0.4) is 0 Å². The lowest BCUT2D eigenvalue weighted by atomic mass is 10.3. The van der Waals surface area contributed by atoms with Crippen molar-refractivity contribution in [1.82, 2.24) is 15.0 Å². The van der Waals surface area contributed by atoms with E-state index in [0.717, 1.165) is 0 Å². The van der Waals surface area contributed by atoms with Gasteiger partial charge in [0.2, 0.25) is 5.91 Å². The number of carbonyl (C=O) groups is 1. The van der Waals surface area contributed by atoms with E-state index in [0.29, 0.717) is 28.1 Å². The summed E-state index contributed by atoms with van der Waals surface area (Å²) in [5.74, 6) is 0.227. The monoisotopic (exact) mass is 338 g/mol. The largest absolute Gasteiger partial charge is 0.310 e. The van der Waals surface area contributed by atoms with E-state index < -0.39 is 0 Å². The fourth-order valence-electron chi connectivity index (χ4n) is 1.72. The summed E-state index contributed by atoms with van der Waals surface area (Å²) in [5.41, 5.74) is 0.380.